The van der Waals surface area contributed by atoms with E-state index in [2.05, 4.69) is 11.9 Å². The van der Waals surface area contributed by atoms with Crippen molar-refractivity contribution < 1.29 is 22.7 Å². The number of ether oxygens (including phenoxy) is 2. The summed E-state index contributed by atoms with van der Waals surface area (Å²) in [7, 11) is -0.664. The number of amides is 1. The molecule has 0 atom stereocenters. The summed E-state index contributed by atoms with van der Waals surface area (Å²) in [6.07, 6.45) is 1.53. The van der Waals surface area contributed by atoms with E-state index in [9.17, 15) is 13.2 Å². The molecule has 1 heterocycles. The van der Waals surface area contributed by atoms with Crippen LogP contribution in [0.15, 0.2) is 78.2 Å². The fourth-order valence-corrected chi connectivity index (χ4v) is 5.35. The van der Waals surface area contributed by atoms with Crippen molar-refractivity contribution >= 4 is 27.3 Å². The first-order chi connectivity index (χ1) is 15.4. The van der Waals surface area contributed by atoms with Gasteiger partial charge >= 0.3 is 0 Å². The second-order valence-corrected chi connectivity index (χ2v) is 8.90. The number of carbonyl (C=O) groups is 1. The van der Waals surface area contributed by atoms with Crippen molar-refractivity contribution in [2.75, 3.05) is 30.4 Å². The van der Waals surface area contributed by atoms with E-state index in [1.807, 2.05) is 0 Å². The number of carbonyl (C=O) groups excluding carboxylic acids is 1. The first kappa shape index (κ1) is 21.5. The van der Waals surface area contributed by atoms with Gasteiger partial charge in [0.25, 0.3) is 15.9 Å². The first-order valence-electron chi connectivity index (χ1n) is 9.81. The van der Waals surface area contributed by atoms with Crippen LogP contribution in [0, 0.1) is 0 Å². The Morgan fingerprint density at radius 1 is 1.03 bits per heavy atom. The van der Waals surface area contributed by atoms with Crippen LogP contribution in [-0.4, -0.2) is 35.1 Å². The van der Waals surface area contributed by atoms with Gasteiger partial charge in [-0.15, -0.1) is 6.58 Å². The van der Waals surface area contributed by atoms with Crippen molar-refractivity contribution in [3.63, 3.8) is 0 Å². The van der Waals surface area contributed by atoms with Gasteiger partial charge in [0.05, 0.1) is 37.0 Å². The molecule has 32 heavy (non-hydrogen) atoms. The molecule has 0 bridgehead atoms. The van der Waals surface area contributed by atoms with Gasteiger partial charge in [0.2, 0.25) is 0 Å². The molecule has 1 aliphatic heterocycles. The summed E-state index contributed by atoms with van der Waals surface area (Å²) in [6, 6.07) is 16.8. The molecule has 8 heteroatoms. The van der Waals surface area contributed by atoms with Crippen molar-refractivity contribution in [2.45, 2.75) is 4.90 Å². The number of nitrogens with zero attached hydrogens (tertiary/aromatic N) is 1. The van der Waals surface area contributed by atoms with Gasteiger partial charge in [-0.05, 0) is 36.4 Å². The van der Waals surface area contributed by atoms with Gasteiger partial charge in [-0.3, -0.25) is 9.10 Å². The minimum atomic E-state index is -3.72. The van der Waals surface area contributed by atoms with Crippen molar-refractivity contribution in [3.8, 4) is 22.6 Å². The Hall–Kier alpha value is -3.78. The molecule has 1 aliphatic rings. The summed E-state index contributed by atoms with van der Waals surface area (Å²) in [5.74, 6) is 0.718. The van der Waals surface area contributed by atoms with E-state index in [1.54, 1.807) is 67.8 Å². The fourth-order valence-electron chi connectivity index (χ4n) is 3.68. The Balaban J connectivity index is 1.76. The molecular formula is C24H22N2O5S. The third-order valence-corrected chi connectivity index (χ3v) is 7.06. The number of methoxy groups -OCH3 is 2. The Bertz CT molecular complexity index is 1320. The Kier molecular flexibility index (Phi) is 5.63. The number of anilines is 2. The largest absolute Gasteiger partial charge is 0.497 e. The van der Waals surface area contributed by atoms with Gasteiger partial charge in [0.1, 0.15) is 11.5 Å². The van der Waals surface area contributed by atoms with Crippen LogP contribution >= 0.6 is 0 Å². The van der Waals surface area contributed by atoms with E-state index in [0.717, 1.165) is 0 Å². The van der Waals surface area contributed by atoms with Gasteiger partial charge < -0.3 is 14.8 Å². The first-order valence-corrected chi connectivity index (χ1v) is 11.2. The second kappa shape index (κ2) is 8.39. The zero-order valence-corrected chi connectivity index (χ0v) is 18.5. The number of fused-ring (bicyclic) bond motifs is 3. The molecule has 1 amide bonds. The van der Waals surface area contributed by atoms with Gasteiger partial charge in [0, 0.05) is 22.8 Å². The van der Waals surface area contributed by atoms with Gasteiger partial charge in [-0.2, -0.15) is 0 Å². The number of rotatable bonds is 6. The van der Waals surface area contributed by atoms with E-state index in [-0.39, 0.29) is 17.3 Å². The summed E-state index contributed by atoms with van der Waals surface area (Å²) in [5, 5.41) is 2.84. The predicted molar refractivity (Wildman–Crippen MR) is 124 cm³/mol. The van der Waals surface area contributed by atoms with Crippen molar-refractivity contribution in [1.82, 2.24) is 0 Å². The lowest BCUT2D eigenvalue weighted by molar-refractivity contribution is 0.102. The maximum absolute atomic E-state index is 13.1. The van der Waals surface area contributed by atoms with Crippen LogP contribution < -0.4 is 19.1 Å². The number of sulfonamides is 1. The topological polar surface area (TPSA) is 84.9 Å². The molecular weight excluding hydrogens is 428 g/mol. The molecule has 0 aliphatic carbocycles. The van der Waals surface area contributed by atoms with Gasteiger partial charge in [-0.1, -0.05) is 24.3 Å². The lowest BCUT2D eigenvalue weighted by atomic mass is 10.00. The quantitative estimate of drug-likeness (QED) is 0.566. The van der Waals surface area contributed by atoms with Crippen molar-refractivity contribution in [2.24, 2.45) is 0 Å². The molecule has 0 aromatic heterocycles. The Morgan fingerprint density at radius 2 is 1.81 bits per heavy atom. The molecule has 4 rings (SSSR count). The van der Waals surface area contributed by atoms with Crippen LogP contribution in [0.1, 0.15) is 10.4 Å². The summed E-state index contributed by atoms with van der Waals surface area (Å²) < 4.78 is 38.1. The maximum Gasteiger partial charge on any atom is 0.265 e. The predicted octanol–water partition coefficient (Wildman–Crippen LogP) is 4.32. The van der Waals surface area contributed by atoms with Gasteiger partial charge in [0.15, 0.2) is 0 Å². The van der Waals surface area contributed by atoms with Crippen LogP contribution in [0.4, 0.5) is 11.4 Å². The van der Waals surface area contributed by atoms with Crippen LogP contribution in [-0.2, 0) is 10.0 Å². The number of benzene rings is 3. The molecule has 0 spiro atoms. The van der Waals surface area contributed by atoms with Gasteiger partial charge in [-0.25, -0.2) is 8.42 Å². The number of hydrogen-bond donors (Lipinski definition) is 1. The highest BCUT2D eigenvalue weighted by atomic mass is 32.2. The highest BCUT2D eigenvalue weighted by Crippen LogP contribution is 2.43. The summed E-state index contributed by atoms with van der Waals surface area (Å²) in [4.78, 5) is 13.2. The zero-order chi connectivity index (χ0) is 22.9. The monoisotopic (exact) mass is 450 g/mol. The average Bonchev–Trinajstić information content (AvgIpc) is 2.81. The minimum Gasteiger partial charge on any atom is -0.497 e. The van der Waals surface area contributed by atoms with E-state index in [4.69, 9.17) is 9.47 Å². The van der Waals surface area contributed by atoms with E-state index >= 15 is 0 Å². The minimum absolute atomic E-state index is 0.123. The highest BCUT2D eigenvalue weighted by Gasteiger charge is 2.34. The molecule has 3 aromatic rings. The second-order valence-electron chi connectivity index (χ2n) is 7.07. The highest BCUT2D eigenvalue weighted by molar-refractivity contribution is 7.93. The summed E-state index contributed by atoms with van der Waals surface area (Å²) >= 11 is 0. The molecule has 1 N–H and O–H groups in total. The Labute approximate surface area is 186 Å². The lowest BCUT2D eigenvalue weighted by Gasteiger charge is -2.31. The van der Waals surface area contributed by atoms with Crippen LogP contribution in [0.2, 0.25) is 0 Å². The average molecular weight is 451 g/mol. The normalized spacial score (nSPS) is 13.5. The SMILES string of the molecule is C=CCN1c2ccc(C(=O)Nc3ccc(OC)cc3OC)cc2-c2ccccc2S1(=O)=O. The van der Waals surface area contributed by atoms with E-state index < -0.39 is 10.0 Å². The summed E-state index contributed by atoms with van der Waals surface area (Å²) in [6.45, 7) is 3.80. The van der Waals surface area contributed by atoms with E-state index in [1.165, 1.54) is 17.5 Å². The smallest absolute Gasteiger partial charge is 0.265 e. The standard InChI is InChI=1S/C24H22N2O5S/c1-4-13-26-21-12-9-16(14-19(21)18-7-5-6-8-23(18)32(26,28)29)24(27)25-20-11-10-17(30-2)15-22(20)31-3/h4-12,14-15H,1,13H2,2-3H3,(H,25,27). The molecule has 0 saturated heterocycles. The Morgan fingerprint density at radius 3 is 2.53 bits per heavy atom. The van der Waals surface area contributed by atoms with Crippen LogP contribution in [0.3, 0.4) is 0 Å². The molecule has 0 saturated carbocycles. The van der Waals surface area contributed by atoms with Crippen LogP contribution in [0.5, 0.6) is 11.5 Å². The zero-order valence-electron chi connectivity index (χ0n) is 17.7. The number of nitrogens with one attached hydrogen (secondary N) is 1. The third-order valence-electron chi connectivity index (χ3n) is 5.22. The van der Waals surface area contributed by atoms with Crippen molar-refractivity contribution in [1.29, 1.82) is 0 Å². The lowest BCUT2D eigenvalue weighted by Crippen LogP contribution is -2.34. The molecule has 0 fully saturated rings. The number of hydrogen-bond acceptors (Lipinski definition) is 5. The molecule has 164 valence electrons. The van der Waals surface area contributed by atoms with E-state index in [0.29, 0.717) is 39.6 Å². The van der Waals surface area contributed by atoms with Crippen molar-refractivity contribution in [3.05, 3.63) is 78.9 Å². The third kappa shape index (κ3) is 3.58. The van der Waals surface area contributed by atoms with Crippen LogP contribution in [0.25, 0.3) is 11.1 Å². The maximum atomic E-state index is 13.1. The summed E-state index contributed by atoms with van der Waals surface area (Å²) in [5.41, 5.74) is 2.59. The fraction of sp³-hybridized carbons (Fsp3) is 0.125. The molecule has 7 nitrogen and oxygen atoms in total. The molecule has 0 unspecified atom stereocenters. The molecule has 3 aromatic carbocycles. The molecule has 0 radical (unpaired) electrons.